The number of carbonyl (C=O) groups excluding carboxylic acids is 2. The number of amides is 2. The predicted molar refractivity (Wildman–Crippen MR) is 149 cm³/mol. The number of thioether (sulfide) groups is 1. The molecule has 2 amide bonds. The highest BCUT2D eigenvalue weighted by Crippen LogP contribution is 2.35. The molecule has 0 aliphatic rings. The van der Waals surface area contributed by atoms with Crippen molar-refractivity contribution in [3.8, 4) is 11.1 Å². The van der Waals surface area contributed by atoms with Gasteiger partial charge in [0.25, 0.3) is 0 Å². The molecule has 2 rings (SSSR count). The molecule has 7 nitrogen and oxygen atoms in total. The first-order valence-electron chi connectivity index (χ1n) is 12.4. The maximum absolute atomic E-state index is 14.2. The SMILES string of the molecule is CNC(=O)[C@H](CCSC)NC(=O)[C@H](CC(C)C)N[C@@H](c1ccc(-c2ccc(S(C)(=O)=O)cc2)cc1)C(F)(F)F. The van der Waals surface area contributed by atoms with Gasteiger partial charge in [0.15, 0.2) is 9.84 Å². The number of carbonyl (C=O) groups is 2. The van der Waals surface area contributed by atoms with Crippen molar-refractivity contribution in [2.45, 2.75) is 55.9 Å². The van der Waals surface area contributed by atoms with E-state index in [0.29, 0.717) is 23.3 Å². The van der Waals surface area contributed by atoms with Crippen molar-refractivity contribution in [1.29, 1.82) is 0 Å². The molecule has 0 heterocycles. The monoisotopic (exact) mass is 587 g/mol. The summed E-state index contributed by atoms with van der Waals surface area (Å²) in [4.78, 5) is 25.5. The fraction of sp³-hybridized carbons (Fsp3) is 0.481. The van der Waals surface area contributed by atoms with E-state index in [1.54, 1.807) is 26.0 Å². The highest BCUT2D eigenvalue weighted by Gasteiger charge is 2.43. The first-order valence-corrected chi connectivity index (χ1v) is 15.7. The third-order valence-electron chi connectivity index (χ3n) is 6.07. The van der Waals surface area contributed by atoms with Crippen molar-refractivity contribution in [3.05, 3.63) is 54.1 Å². The number of likely N-dealkylation sites (N-methyl/N-ethyl adjacent to an activating group) is 1. The molecule has 12 heteroatoms. The molecule has 0 spiro atoms. The third kappa shape index (κ3) is 9.84. The quantitative estimate of drug-likeness (QED) is 0.322. The van der Waals surface area contributed by atoms with Crippen LogP contribution in [0.1, 0.15) is 38.3 Å². The van der Waals surface area contributed by atoms with Crippen LogP contribution in [0.3, 0.4) is 0 Å². The maximum Gasteiger partial charge on any atom is 0.407 e. The van der Waals surface area contributed by atoms with Gasteiger partial charge in [0.2, 0.25) is 11.8 Å². The van der Waals surface area contributed by atoms with Crippen molar-refractivity contribution < 1.29 is 31.2 Å². The van der Waals surface area contributed by atoms with E-state index in [-0.39, 0.29) is 22.8 Å². The van der Waals surface area contributed by atoms with Gasteiger partial charge < -0.3 is 10.6 Å². The lowest BCUT2D eigenvalue weighted by Crippen LogP contribution is -2.54. The van der Waals surface area contributed by atoms with Gasteiger partial charge in [-0.1, -0.05) is 50.2 Å². The Morgan fingerprint density at radius 2 is 1.46 bits per heavy atom. The normalized spacial score (nSPS) is 14.5. The lowest BCUT2D eigenvalue weighted by molar-refractivity contribution is -0.161. The molecular weight excluding hydrogens is 551 g/mol. The summed E-state index contributed by atoms with van der Waals surface area (Å²) in [6.07, 6.45) is -1.28. The predicted octanol–water partition coefficient (Wildman–Crippen LogP) is 4.35. The van der Waals surface area contributed by atoms with E-state index in [0.717, 1.165) is 6.26 Å². The molecule has 3 N–H and O–H groups in total. The minimum absolute atomic E-state index is 0.0780. The first-order chi connectivity index (χ1) is 18.2. The van der Waals surface area contributed by atoms with Crippen LogP contribution in [0, 0.1) is 5.92 Å². The molecule has 0 radical (unpaired) electrons. The zero-order valence-corrected chi connectivity index (χ0v) is 24.3. The topological polar surface area (TPSA) is 104 Å². The average molecular weight is 588 g/mol. The average Bonchev–Trinajstić information content (AvgIpc) is 2.87. The van der Waals surface area contributed by atoms with Gasteiger partial charge >= 0.3 is 6.18 Å². The van der Waals surface area contributed by atoms with Gasteiger partial charge in [-0.15, -0.1) is 0 Å². The van der Waals surface area contributed by atoms with E-state index in [1.807, 2.05) is 6.26 Å². The molecule has 0 fully saturated rings. The molecule has 0 saturated heterocycles. The van der Waals surface area contributed by atoms with E-state index >= 15 is 0 Å². The van der Waals surface area contributed by atoms with Crippen LogP contribution in [0.4, 0.5) is 13.2 Å². The van der Waals surface area contributed by atoms with Gasteiger partial charge in [-0.2, -0.15) is 24.9 Å². The summed E-state index contributed by atoms with van der Waals surface area (Å²) in [5.41, 5.74) is 1.18. The molecule has 2 aromatic carbocycles. The summed E-state index contributed by atoms with van der Waals surface area (Å²) >= 11 is 1.49. The fourth-order valence-corrected chi connectivity index (χ4v) is 5.12. The second-order valence-corrected chi connectivity index (χ2v) is 12.7. The zero-order chi connectivity index (χ0) is 29.4. The van der Waals surface area contributed by atoms with E-state index in [1.165, 1.54) is 55.2 Å². The molecule has 0 aliphatic heterocycles. The van der Waals surface area contributed by atoms with Crippen LogP contribution in [-0.4, -0.2) is 63.8 Å². The Hall–Kier alpha value is -2.57. The molecule has 0 aromatic heterocycles. The summed E-state index contributed by atoms with van der Waals surface area (Å²) in [6, 6.07) is 7.60. The lowest BCUT2D eigenvalue weighted by atomic mass is 9.97. The minimum atomic E-state index is -4.70. The third-order valence-corrected chi connectivity index (χ3v) is 7.84. The maximum atomic E-state index is 14.2. The van der Waals surface area contributed by atoms with Crippen molar-refractivity contribution >= 4 is 33.4 Å². The van der Waals surface area contributed by atoms with Crippen LogP contribution >= 0.6 is 11.8 Å². The Morgan fingerprint density at radius 3 is 1.90 bits per heavy atom. The van der Waals surface area contributed by atoms with Crippen LogP contribution in [-0.2, 0) is 19.4 Å². The Kier molecular flexibility index (Phi) is 11.9. The lowest BCUT2D eigenvalue weighted by Gasteiger charge is -2.29. The molecular formula is C27H36F3N3O4S2. The van der Waals surface area contributed by atoms with Crippen molar-refractivity contribution in [3.63, 3.8) is 0 Å². The van der Waals surface area contributed by atoms with Crippen LogP contribution < -0.4 is 16.0 Å². The molecule has 216 valence electrons. The van der Waals surface area contributed by atoms with E-state index < -0.39 is 46.0 Å². The van der Waals surface area contributed by atoms with E-state index in [9.17, 15) is 31.2 Å². The van der Waals surface area contributed by atoms with Gasteiger partial charge in [-0.05, 0) is 59.6 Å². The summed E-state index contributed by atoms with van der Waals surface area (Å²) in [5, 5.41) is 7.61. The van der Waals surface area contributed by atoms with Crippen LogP contribution in [0.5, 0.6) is 0 Å². The second-order valence-electron chi connectivity index (χ2n) is 9.70. The number of rotatable bonds is 13. The highest BCUT2D eigenvalue weighted by molar-refractivity contribution is 7.98. The van der Waals surface area contributed by atoms with Gasteiger partial charge in [0.1, 0.15) is 12.1 Å². The Balaban J connectivity index is 2.32. The van der Waals surface area contributed by atoms with Gasteiger partial charge in [0, 0.05) is 13.3 Å². The number of sulfone groups is 1. The standard InChI is InChI=1S/C27H36F3N3O4S2/c1-17(2)16-23(26(35)33-22(14-15-38-4)25(34)31-3)32-24(27(28,29)30)20-8-6-18(7-9-20)19-10-12-21(13-11-19)39(5,36)37/h6-13,17,22-24,32H,14-16H2,1-5H3,(H,31,34)(H,33,35)/t22-,23-,24-/m0/s1. The Bertz CT molecular complexity index is 1200. The first kappa shape index (κ1) is 32.6. The Labute approximate surface area is 232 Å². The fourth-order valence-electron chi connectivity index (χ4n) is 4.02. The minimum Gasteiger partial charge on any atom is -0.357 e. The van der Waals surface area contributed by atoms with Crippen molar-refractivity contribution in [1.82, 2.24) is 16.0 Å². The van der Waals surface area contributed by atoms with Crippen LogP contribution in [0.2, 0.25) is 0 Å². The second kappa shape index (κ2) is 14.2. The largest absolute Gasteiger partial charge is 0.407 e. The number of benzene rings is 2. The number of hydrogen-bond acceptors (Lipinski definition) is 6. The summed E-state index contributed by atoms with van der Waals surface area (Å²) in [6.45, 7) is 3.61. The summed E-state index contributed by atoms with van der Waals surface area (Å²) in [7, 11) is -1.93. The van der Waals surface area contributed by atoms with Gasteiger partial charge in [0.05, 0.1) is 10.9 Å². The number of alkyl halides is 3. The molecule has 0 aliphatic carbocycles. The van der Waals surface area contributed by atoms with Crippen LogP contribution in [0.25, 0.3) is 11.1 Å². The molecule has 0 saturated carbocycles. The number of hydrogen-bond donors (Lipinski definition) is 3. The molecule has 2 aromatic rings. The molecule has 0 unspecified atom stereocenters. The van der Waals surface area contributed by atoms with Crippen molar-refractivity contribution in [2.75, 3.05) is 25.3 Å². The van der Waals surface area contributed by atoms with Crippen molar-refractivity contribution in [2.24, 2.45) is 5.92 Å². The van der Waals surface area contributed by atoms with E-state index in [2.05, 4.69) is 16.0 Å². The zero-order valence-electron chi connectivity index (χ0n) is 22.6. The van der Waals surface area contributed by atoms with E-state index in [4.69, 9.17) is 0 Å². The number of halogens is 3. The molecule has 3 atom stereocenters. The summed E-state index contributed by atoms with van der Waals surface area (Å²) < 4.78 is 66.1. The highest BCUT2D eigenvalue weighted by atomic mass is 32.2. The molecule has 0 bridgehead atoms. The molecule has 39 heavy (non-hydrogen) atoms. The van der Waals surface area contributed by atoms with Crippen LogP contribution in [0.15, 0.2) is 53.4 Å². The van der Waals surface area contributed by atoms with Gasteiger partial charge in [-0.25, -0.2) is 8.42 Å². The van der Waals surface area contributed by atoms with Gasteiger partial charge in [-0.3, -0.25) is 14.9 Å². The smallest absolute Gasteiger partial charge is 0.357 e. The summed E-state index contributed by atoms with van der Waals surface area (Å²) in [5.74, 6) is -0.581. The Morgan fingerprint density at radius 1 is 0.923 bits per heavy atom. The number of nitrogens with one attached hydrogen (secondary N) is 3.